The Morgan fingerprint density at radius 1 is 1.19 bits per heavy atom. The topological polar surface area (TPSA) is 107 Å². The Kier molecular flexibility index (Phi) is 4.81. The van der Waals surface area contributed by atoms with Crippen LogP contribution < -0.4 is 15.2 Å². The van der Waals surface area contributed by atoms with Crippen LogP contribution in [0.1, 0.15) is 0 Å². The Morgan fingerprint density at radius 3 is 2.62 bits per heavy atom. The maximum atomic E-state index is 11.8. The van der Waals surface area contributed by atoms with Gasteiger partial charge in [-0.15, -0.1) is 10.2 Å². The first-order chi connectivity index (χ1) is 9.96. The third-order valence-corrected chi connectivity index (χ3v) is 3.85. The summed E-state index contributed by atoms with van der Waals surface area (Å²) in [5, 5.41) is 7.34. The van der Waals surface area contributed by atoms with Crippen molar-refractivity contribution in [2.45, 2.75) is 0 Å². The van der Waals surface area contributed by atoms with Crippen LogP contribution in [0.2, 0.25) is 5.15 Å². The van der Waals surface area contributed by atoms with Gasteiger partial charge in [-0.1, -0.05) is 23.7 Å². The van der Waals surface area contributed by atoms with Gasteiger partial charge in [0.2, 0.25) is 10.0 Å². The number of nitrogens with two attached hydrogens (primary N) is 1. The first-order valence-electron chi connectivity index (χ1n) is 5.93. The molecule has 0 aliphatic rings. The van der Waals surface area contributed by atoms with Gasteiger partial charge >= 0.3 is 0 Å². The summed E-state index contributed by atoms with van der Waals surface area (Å²) < 4.78 is 31.3. The van der Waals surface area contributed by atoms with Crippen molar-refractivity contribution in [3.8, 4) is 5.75 Å². The van der Waals surface area contributed by atoms with Crippen LogP contribution in [-0.4, -0.2) is 31.0 Å². The maximum Gasteiger partial charge on any atom is 0.237 e. The molecule has 21 heavy (non-hydrogen) atoms. The van der Waals surface area contributed by atoms with Crippen molar-refractivity contribution in [2.24, 2.45) is 0 Å². The summed E-state index contributed by atoms with van der Waals surface area (Å²) in [6.07, 6.45) is 0. The fraction of sp³-hybridized carbons (Fsp3) is 0.167. The molecule has 3 N–H and O–H groups in total. The minimum Gasteiger partial charge on any atom is -0.490 e. The molecule has 0 amide bonds. The van der Waals surface area contributed by atoms with E-state index in [-0.39, 0.29) is 23.3 Å². The summed E-state index contributed by atoms with van der Waals surface area (Å²) in [4.78, 5) is 0. The second-order valence-corrected chi connectivity index (χ2v) is 6.28. The number of hydrogen-bond donors (Lipinski definition) is 2. The van der Waals surface area contributed by atoms with Crippen molar-refractivity contribution in [2.75, 3.05) is 22.8 Å². The molecule has 0 atom stereocenters. The van der Waals surface area contributed by atoms with Crippen molar-refractivity contribution in [1.82, 2.24) is 10.2 Å². The number of ether oxygens (including phenoxy) is 1. The fourth-order valence-corrected chi connectivity index (χ4v) is 2.39. The summed E-state index contributed by atoms with van der Waals surface area (Å²) in [7, 11) is -3.59. The molecule has 0 fully saturated rings. The number of aromatic nitrogens is 2. The number of anilines is 2. The van der Waals surface area contributed by atoms with Crippen LogP contribution in [-0.2, 0) is 10.0 Å². The third kappa shape index (κ3) is 4.76. The quantitative estimate of drug-likeness (QED) is 0.779. The van der Waals surface area contributed by atoms with Crippen LogP contribution in [0.25, 0.3) is 0 Å². The number of nitrogens with zero attached hydrogens (tertiary/aromatic N) is 2. The standard InChI is InChI=1S/C12H13ClN4O3S/c13-11-5-6-12(16-15-11)17-21(18,19)8-7-20-10-4-2-1-3-9(10)14/h1-6H,7-8,14H2,(H,16,17). The molecule has 112 valence electrons. The Bertz CT molecular complexity index is 707. The van der Waals surface area contributed by atoms with E-state index in [0.29, 0.717) is 11.4 Å². The smallest absolute Gasteiger partial charge is 0.237 e. The first kappa shape index (κ1) is 15.3. The zero-order chi connectivity index (χ0) is 15.3. The second kappa shape index (κ2) is 6.59. The molecule has 0 aliphatic carbocycles. The first-order valence-corrected chi connectivity index (χ1v) is 7.96. The molecule has 0 spiro atoms. The van der Waals surface area contributed by atoms with E-state index in [1.54, 1.807) is 24.3 Å². The van der Waals surface area contributed by atoms with Gasteiger partial charge in [0.25, 0.3) is 0 Å². The van der Waals surface area contributed by atoms with Gasteiger partial charge in [-0.05, 0) is 24.3 Å². The van der Waals surface area contributed by atoms with Crippen LogP contribution in [0.3, 0.4) is 0 Å². The molecule has 0 aliphatic heterocycles. The molecule has 1 aromatic heterocycles. The number of nitrogen functional groups attached to an aromatic ring is 1. The van der Waals surface area contributed by atoms with Crippen LogP contribution >= 0.6 is 11.6 Å². The molecule has 2 rings (SSSR count). The molecule has 0 bridgehead atoms. The largest absolute Gasteiger partial charge is 0.490 e. The summed E-state index contributed by atoms with van der Waals surface area (Å²) in [6, 6.07) is 9.71. The molecule has 0 saturated carbocycles. The normalized spacial score (nSPS) is 11.1. The van der Waals surface area contributed by atoms with E-state index in [4.69, 9.17) is 22.1 Å². The Balaban J connectivity index is 1.90. The van der Waals surface area contributed by atoms with Crippen LogP contribution in [0, 0.1) is 0 Å². The van der Waals surface area contributed by atoms with Crippen LogP contribution in [0.5, 0.6) is 5.75 Å². The molecular formula is C12H13ClN4O3S. The number of sulfonamides is 1. The van der Waals surface area contributed by atoms with Crippen LogP contribution in [0.15, 0.2) is 36.4 Å². The van der Waals surface area contributed by atoms with Crippen molar-refractivity contribution in [3.63, 3.8) is 0 Å². The lowest BCUT2D eigenvalue weighted by Crippen LogP contribution is -2.22. The van der Waals surface area contributed by atoms with Crippen molar-refractivity contribution < 1.29 is 13.2 Å². The van der Waals surface area contributed by atoms with Gasteiger partial charge in [0.1, 0.15) is 18.1 Å². The van der Waals surface area contributed by atoms with Crippen molar-refractivity contribution in [3.05, 3.63) is 41.6 Å². The second-order valence-electron chi connectivity index (χ2n) is 4.05. The highest BCUT2D eigenvalue weighted by molar-refractivity contribution is 7.92. The average molecular weight is 329 g/mol. The Hall–Kier alpha value is -2.06. The predicted octanol–water partition coefficient (Wildman–Crippen LogP) is 1.53. The highest BCUT2D eigenvalue weighted by Gasteiger charge is 2.12. The number of nitrogens with one attached hydrogen (secondary N) is 1. The van der Waals surface area contributed by atoms with Gasteiger partial charge in [0.15, 0.2) is 11.0 Å². The van der Waals surface area contributed by atoms with Gasteiger partial charge in [-0.25, -0.2) is 8.42 Å². The molecule has 0 unspecified atom stereocenters. The zero-order valence-electron chi connectivity index (χ0n) is 10.9. The number of rotatable bonds is 6. The van der Waals surface area contributed by atoms with Gasteiger partial charge in [-0.2, -0.15) is 0 Å². The summed E-state index contributed by atoms with van der Waals surface area (Å²) in [5.41, 5.74) is 6.14. The summed E-state index contributed by atoms with van der Waals surface area (Å²) in [5.74, 6) is 0.295. The SMILES string of the molecule is Nc1ccccc1OCCS(=O)(=O)Nc1ccc(Cl)nn1. The van der Waals surface area contributed by atoms with Crippen LogP contribution in [0.4, 0.5) is 11.5 Å². The fourth-order valence-electron chi connectivity index (χ4n) is 1.45. The molecule has 2 aromatic rings. The maximum absolute atomic E-state index is 11.8. The monoisotopic (exact) mass is 328 g/mol. The van der Waals surface area contributed by atoms with E-state index in [1.807, 2.05) is 0 Å². The van der Waals surface area contributed by atoms with Gasteiger partial charge in [0, 0.05) is 0 Å². The molecular weight excluding hydrogens is 316 g/mol. The lowest BCUT2D eigenvalue weighted by Gasteiger charge is -2.09. The van der Waals surface area contributed by atoms with E-state index >= 15 is 0 Å². The molecule has 1 heterocycles. The minimum absolute atomic E-state index is 0.0371. The lowest BCUT2D eigenvalue weighted by molar-refractivity contribution is 0.343. The minimum atomic E-state index is -3.59. The van der Waals surface area contributed by atoms with Gasteiger partial charge in [-0.3, -0.25) is 4.72 Å². The van der Waals surface area contributed by atoms with Gasteiger partial charge in [0.05, 0.1) is 5.69 Å². The van der Waals surface area contributed by atoms with E-state index < -0.39 is 10.0 Å². The molecule has 7 nitrogen and oxygen atoms in total. The molecule has 9 heteroatoms. The Labute approximate surface area is 127 Å². The molecule has 0 saturated heterocycles. The van der Waals surface area contributed by atoms with Gasteiger partial charge < -0.3 is 10.5 Å². The summed E-state index contributed by atoms with van der Waals surface area (Å²) >= 11 is 5.57. The van der Waals surface area contributed by atoms with Crippen molar-refractivity contribution >= 4 is 33.1 Å². The average Bonchev–Trinajstić information content (AvgIpc) is 2.43. The van der Waals surface area contributed by atoms with E-state index in [2.05, 4.69) is 14.9 Å². The number of halogens is 1. The van der Waals surface area contributed by atoms with E-state index in [1.165, 1.54) is 12.1 Å². The zero-order valence-corrected chi connectivity index (χ0v) is 12.4. The van der Waals surface area contributed by atoms with E-state index in [9.17, 15) is 8.42 Å². The van der Waals surface area contributed by atoms with E-state index in [0.717, 1.165) is 0 Å². The number of hydrogen-bond acceptors (Lipinski definition) is 6. The molecule has 1 aromatic carbocycles. The van der Waals surface area contributed by atoms with Crippen molar-refractivity contribution in [1.29, 1.82) is 0 Å². The summed E-state index contributed by atoms with van der Waals surface area (Å²) in [6.45, 7) is -0.0371. The predicted molar refractivity (Wildman–Crippen MR) is 80.8 cm³/mol. The third-order valence-electron chi connectivity index (χ3n) is 2.42. The molecule has 0 radical (unpaired) electrons. The number of para-hydroxylation sites is 2. The lowest BCUT2D eigenvalue weighted by atomic mass is 10.3. The highest BCUT2D eigenvalue weighted by Crippen LogP contribution is 2.19. The highest BCUT2D eigenvalue weighted by atomic mass is 35.5. The Morgan fingerprint density at radius 2 is 1.95 bits per heavy atom. The number of benzene rings is 1.